The van der Waals surface area contributed by atoms with E-state index < -0.39 is 8.32 Å². The van der Waals surface area contributed by atoms with Crippen LogP contribution in [0.15, 0.2) is 0 Å². The smallest absolute Gasteiger partial charge is 0.859 e. The van der Waals surface area contributed by atoms with Crippen LogP contribution in [0.2, 0.25) is 19.1 Å². The predicted octanol–water partition coefficient (Wildman–Crippen LogP) is -1.49. The number of fused-ring (bicyclic) bond motifs is 1. The molecule has 0 aromatic carbocycles. The predicted molar refractivity (Wildman–Crippen MR) is 50.5 cm³/mol. The minimum absolute atomic E-state index is 0. The molecule has 1 aliphatic carbocycles. The second kappa shape index (κ2) is 6.38. The third-order valence-corrected chi connectivity index (χ3v) is 4.22. The number of hydrogen-bond donors (Lipinski definition) is 0. The SMILES string of the molecule is C1CC2OC2C1.CC[Si](C)(C)[O-].[K+]. The molecular formula is C9H19KO2Si. The largest absolute Gasteiger partial charge is 1.00 e. The maximum absolute atomic E-state index is 10.6. The summed E-state index contributed by atoms with van der Waals surface area (Å²) < 4.78 is 5.15. The Kier molecular flexibility index (Phi) is 7.25. The molecule has 2 unspecified atom stereocenters. The Hall–Kier alpha value is 1.77. The van der Waals surface area contributed by atoms with E-state index in [-0.39, 0.29) is 51.4 Å². The molecule has 0 spiro atoms. The van der Waals surface area contributed by atoms with Gasteiger partial charge in [-0.2, -0.15) is 0 Å². The van der Waals surface area contributed by atoms with Crippen LogP contribution in [0.4, 0.5) is 0 Å². The van der Waals surface area contributed by atoms with Gasteiger partial charge in [-0.15, -0.1) is 0 Å². The van der Waals surface area contributed by atoms with Crippen molar-refractivity contribution in [1.29, 1.82) is 0 Å². The maximum Gasteiger partial charge on any atom is 1.00 e. The standard InChI is InChI=1S/C5H8O.C4H11OSi.K/c1-2-4-5(3-1)6-4;1-4-6(2,3)5;/h4-5H,1-3H2;4H2,1-3H3;/q;-1;+1. The third kappa shape index (κ3) is 6.79. The Bertz CT molecular complexity index is 139. The van der Waals surface area contributed by atoms with Crippen molar-refractivity contribution >= 4 is 8.32 Å². The molecule has 1 aliphatic heterocycles. The van der Waals surface area contributed by atoms with Gasteiger partial charge in [0.25, 0.3) is 0 Å². The van der Waals surface area contributed by atoms with Crippen LogP contribution < -0.4 is 56.2 Å². The molecule has 0 aromatic rings. The van der Waals surface area contributed by atoms with Crippen molar-refractivity contribution in [1.82, 2.24) is 0 Å². The van der Waals surface area contributed by atoms with Gasteiger partial charge in [-0.1, -0.05) is 34.4 Å². The van der Waals surface area contributed by atoms with Crippen LogP contribution >= 0.6 is 0 Å². The monoisotopic (exact) mass is 226 g/mol. The quantitative estimate of drug-likeness (QED) is 0.404. The van der Waals surface area contributed by atoms with E-state index in [0.29, 0.717) is 12.2 Å². The second-order valence-corrected chi connectivity index (χ2v) is 8.48. The van der Waals surface area contributed by atoms with E-state index in [9.17, 15) is 4.80 Å². The van der Waals surface area contributed by atoms with E-state index in [1.54, 1.807) is 0 Å². The summed E-state index contributed by atoms with van der Waals surface area (Å²) in [4.78, 5) is 10.6. The van der Waals surface area contributed by atoms with Crippen molar-refractivity contribution in [2.45, 2.75) is 57.5 Å². The Balaban J connectivity index is 0.000000206. The summed E-state index contributed by atoms with van der Waals surface area (Å²) in [5, 5.41) is 0. The van der Waals surface area contributed by atoms with Gasteiger partial charge in [0.1, 0.15) is 0 Å². The summed E-state index contributed by atoms with van der Waals surface area (Å²) >= 11 is 0. The second-order valence-electron chi connectivity index (χ2n) is 4.26. The summed E-state index contributed by atoms with van der Waals surface area (Å²) in [5.74, 6) is 0. The first-order valence-electron chi connectivity index (χ1n) is 4.89. The van der Waals surface area contributed by atoms with E-state index >= 15 is 0 Å². The fourth-order valence-corrected chi connectivity index (χ4v) is 1.21. The van der Waals surface area contributed by atoms with Gasteiger partial charge in [0, 0.05) is 0 Å². The molecule has 0 radical (unpaired) electrons. The van der Waals surface area contributed by atoms with Crippen molar-refractivity contribution in [2.75, 3.05) is 0 Å². The van der Waals surface area contributed by atoms with Crippen LogP contribution in [0.5, 0.6) is 0 Å². The molecule has 0 aromatic heterocycles. The fourth-order valence-electron chi connectivity index (χ4n) is 1.21. The summed E-state index contributed by atoms with van der Waals surface area (Å²) in [6.45, 7) is 5.61. The summed E-state index contributed by atoms with van der Waals surface area (Å²) in [6.07, 6.45) is 5.51. The van der Waals surface area contributed by atoms with Gasteiger partial charge in [-0.3, -0.25) is 0 Å². The Morgan fingerprint density at radius 2 is 1.69 bits per heavy atom. The molecule has 0 amide bonds. The summed E-state index contributed by atoms with van der Waals surface area (Å²) in [7, 11) is -1.88. The normalized spacial score (nSPS) is 29.5. The molecule has 13 heavy (non-hydrogen) atoms. The van der Waals surface area contributed by atoms with Gasteiger partial charge in [-0.05, 0) is 19.3 Å². The van der Waals surface area contributed by atoms with E-state index in [2.05, 4.69) is 0 Å². The van der Waals surface area contributed by atoms with Crippen molar-refractivity contribution in [3.63, 3.8) is 0 Å². The molecule has 2 nitrogen and oxygen atoms in total. The first-order chi connectivity index (χ1) is 5.53. The fraction of sp³-hybridized carbons (Fsp3) is 1.00. The number of hydrogen-bond acceptors (Lipinski definition) is 2. The molecule has 2 atom stereocenters. The van der Waals surface area contributed by atoms with Crippen LogP contribution in [0.1, 0.15) is 26.2 Å². The topological polar surface area (TPSA) is 35.6 Å². The van der Waals surface area contributed by atoms with Gasteiger partial charge in [-0.25, -0.2) is 0 Å². The third-order valence-electron chi connectivity index (χ3n) is 2.52. The minimum atomic E-state index is -1.88. The van der Waals surface area contributed by atoms with Crippen LogP contribution in [-0.4, -0.2) is 20.5 Å². The Labute approximate surface area is 125 Å². The molecule has 2 rings (SSSR count). The molecule has 1 saturated carbocycles. The zero-order chi connectivity index (χ0) is 9.19. The molecule has 1 saturated heterocycles. The van der Waals surface area contributed by atoms with Gasteiger partial charge < -0.3 is 9.53 Å². The Morgan fingerprint density at radius 1 is 1.31 bits per heavy atom. The van der Waals surface area contributed by atoms with Crippen molar-refractivity contribution in [2.24, 2.45) is 0 Å². The summed E-state index contributed by atoms with van der Waals surface area (Å²) in [6, 6.07) is 0.854. The number of epoxide rings is 1. The van der Waals surface area contributed by atoms with Crippen molar-refractivity contribution < 1.29 is 60.9 Å². The molecule has 0 bridgehead atoms. The first-order valence-corrected chi connectivity index (χ1v) is 8.00. The van der Waals surface area contributed by atoms with Gasteiger partial charge in [0.2, 0.25) is 0 Å². The molecule has 4 heteroatoms. The van der Waals surface area contributed by atoms with Crippen LogP contribution in [0, 0.1) is 0 Å². The summed E-state index contributed by atoms with van der Waals surface area (Å²) in [5.41, 5.74) is 0. The zero-order valence-electron chi connectivity index (χ0n) is 9.30. The molecular weight excluding hydrogens is 207 g/mol. The molecule has 2 fully saturated rings. The van der Waals surface area contributed by atoms with Crippen LogP contribution in [0.25, 0.3) is 0 Å². The van der Waals surface area contributed by atoms with E-state index in [4.69, 9.17) is 4.74 Å². The van der Waals surface area contributed by atoms with Crippen molar-refractivity contribution in [3.05, 3.63) is 0 Å². The van der Waals surface area contributed by atoms with E-state index in [0.717, 1.165) is 6.04 Å². The molecule has 1 heterocycles. The number of rotatable bonds is 1. The maximum atomic E-state index is 10.6. The van der Waals surface area contributed by atoms with Gasteiger partial charge >= 0.3 is 51.4 Å². The number of ether oxygens (including phenoxy) is 1. The molecule has 72 valence electrons. The average molecular weight is 226 g/mol. The average Bonchev–Trinajstić information content (AvgIpc) is 2.60. The molecule has 2 aliphatic rings. The zero-order valence-corrected chi connectivity index (χ0v) is 13.4. The van der Waals surface area contributed by atoms with Gasteiger partial charge in [0.05, 0.1) is 12.2 Å². The van der Waals surface area contributed by atoms with Crippen molar-refractivity contribution in [3.8, 4) is 0 Å². The van der Waals surface area contributed by atoms with Crippen LogP contribution in [-0.2, 0) is 4.74 Å². The first kappa shape index (κ1) is 14.8. The molecule has 0 N–H and O–H groups in total. The van der Waals surface area contributed by atoms with E-state index in [1.807, 2.05) is 20.0 Å². The van der Waals surface area contributed by atoms with E-state index in [1.165, 1.54) is 19.3 Å². The van der Waals surface area contributed by atoms with Crippen LogP contribution in [0.3, 0.4) is 0 Å². The Morgan fingerprint density at radius 3 is 1.77 bits per heavy atom. The minimum Gasteiger partial charge on any atom is -0.859 e. The van der Waals surface area contributed by atoms with Gasteiger partial charge in [0.15, 0.2) is 0 Å².